The van der Waals surface area contributed by atoms with Gasteiger partial charge >= 0.3 is 0 Å². The number of rotatable bonds is 8. The zero-order valence-electron chi connectivity index (χ0n) is 17.1. The summed E-state index contributed by atoms with van der Waals surface area (Å²) in [6.45, 7) is 1.98. The smallest absolute Gasteiger partial charge is 0.239 e. The molecule has 2 aromatic carbocycles. The highest BCUT2D eigenvalue weighted by Gasteiger charge is 2.22. The van der Waals surface area contributed by atoms with E-state index in [0.29, 0.717) is 28.1 Å². The second kappa shape index (κ2) is 9.63. The maximum Gasteiger partial charge on any atom is 0.239 e. The van der Waals surface area contributed by atoms with E-state index in [9.17, 15) is 4.79 Å². The predicted molar refractivity (Wildman–Crippen MR) is 127 cm³/mol. The van der Waals surface area contributed by atoms with Crippen molar-refractivity contribution in [3.05, 3.63) is 42.5 Å². The molecule has 1 atom stereocenters. The van der Waals surface area contributed by atoms with Crippen molar-refractivity contribution >= 4 is 55.7 Å². The van der Waals surface area contributed by atoms with Crippen LogP contribution in [0.2, 0.25) is 0 Å². The second-order valence-electron chi connectivity index (χ2n) is 6.43. The average Bonchev–Trinajstić information content (AvgIpc) is 3.43. The molecule has 0 radical (unpaired) electrons. The highest BCUT2D eigenvalue weighted by molar-refractivity contribution is 8.02. The van der Waals surface area contributed by atoms with Crippen molar-refractivity contribution in [2.75, 3.05) is 19.5 Å². The number of carbonyl (C=O) groups excluding carboxylic acids is 1. The molecule has 4 aromatic rings. The van der Waals surface area contributed by atoms with Crippen LogP contribution >= 0.6 is 34.4 Å². The van der Waals surface area contributed by atoms with E-state index in [1.54, 1.807) is 31.6 Å². The number of thiazole rings is 1. The first-order chi connectivity index (χ1) is 15.1. The zero-order valence-corrected chi connectivity index (χ0v) is 19.6. The Balaban J connectivity index is 1.47. The molecule has 31 heavy (non-hydrogen) atoms. The second-order valence-corrected chi connectivity index (χ2v) is 9.89. The van der Waals surface area contributed by atoms with Crippen LogP contribution in [0.15, 0.2) is 46.8 Å². The Bertz CT molecular complexity index is 1170. The summed E-state index contributed by atoms with van der Waals surface area (Å²) in [5.74, 6) is 1.21. The van der Waals surface area contributed by atoms with Crippen molar-refractivity contribution in [2.24, 2.45) is 0 Å². The number of nitrogens with zero attached hydrogens (tertiary/aromatic N) is 3. The van der Waals surface area contributed by atoms with E-state index in [1.165, 1.54) is 23.1 Å². The van der Waals surface area contributed by atoms with Gasteiger partial charge in [0.2, 0.25) is 11.0 Å². The van der Waals surface area contributed by atoms with E-state index in [0.717, 1.165) is 20.1 Å². The molecule has 7 nitrogen and oxygen atoms in total. The summed E-state index contributed by atoms with van der Waals surface area (Å²) in [6, 6.07) is 13.5. The van der Waals surface area contributed by atoms with E-state index in [1.807, 2.05) is 43.3 Å². The van der Waals surface area contributed by atoms with E-state index in [4.69, 9.17) is 9.47 Å². The van der Waals surface area contributed by atoms with Gasteiger partial charge in [-0.25, -0.2) is 4.98 Å². The van der Waals surface area contributed by atoms with Gasteiger partial charge in [-0.05, 0) is 30.7 Å². The molecule has 2 aromatic heterocycles. The number of thioether (sulfide) groups is 1. The fourth-order valence-corrected chi connectivity index (χ4v) is 5.90. The maximum absolute atomic E-state index is 12.9. The zero-order chi connectivity index (χ0) is 21.8. The summed E-state index contributed by atoms with van der Waals surface area (Å²) in [6.07, 6.45) is 0.671. The van der Waals surface area contributed by atoms with Crippen LogP contribution in [-0.4, -0.2) is 40.6 Å². The van der Waals surface area contributed by atoms with Crippen LogP contribution < -0.4 is 14.8 Å². The molecule has 0 fully saturated rings. The average molecular weight is 473 g/mol. The number of hydrogen-bond acceptors (Lipinski definition) is 9. The monoisotopic (exact) mass is 472 g/mol. The molecule has 0 aliphatic carbocycles. The van der Waals surface area contributed by atoms with Crippen LogP contribution in [0.3, 0.4) is 0 Å². The molecule has 0 aliphatic rings. The molecule has 0 saturated heterocycles. The first kappa shape index (κ1) is 21.5. The van der Waals surface area contributed by atoms with E-state index in [2.05, 4.69) is 20.5 Å². The lowest BCUT2D eigenvalue weighted by Crippen LogP contribution is -2.24. The van der Waals surface area contributed by atoms with Crippen molar-refractivity contribution < 1.29 is 14.3 Å². The summed E-state index contributed by atoms with van der Waals surface area (Å²) < 4.78 is 12.7. The highest BCUT2D eigenvalue weighted by atomic mass is 32.2. The topological polar surface area (TPSA) is 86.2 Å². The third kappa shape index (κ3) is 4.81. The number of benzene rings is 2. The molecular formula is C21H20N4O3S3. The number of para-hydroxylation sites is 1. The van der Waals surface area contributed by atoms with Crippen LogP contribution in [0.1, 0.15) is 13.3 Å². The van der Waals surface area contributed by atoms with Crippen molar-refractivity contribution in [2.45, 2.75) is 22.9 Å². The number of fused-ring (bicyclic) bond motifs is 1. The SMILES string of the molecule is CC[C@@H](Sc1nc2ccccc2s1)C(=O)Nc1nnc(-c2ccc(OC)cc2OC)s1. The molecule has 0 unspecified atom stereocenters. The fraction of sp³-hybridized carbons (Fsp3) is 0.238. The number of amides is 1. The number of nitrogens with one attached hydrogen (secondary N) is 1. The van der Waals surface area contributed by atoms with E-state index >= 15 is 0 Å². The summed E-state index contributed by atoms with van der Waals surface area (Å²) in [4.78, 5) is 17.5. The van der Waals surface area contributed by atoms with Crippen LogP contribution in [0.25, 0.3) is 20.8 Å². The Kier molecular flexibility index (Phi) is 6.69. The number of hydrogen-bond donors (Lipinski definition) is 1. The Hall–Kier alpha value is -2.69. The fourth-order valence-electron chi connectivity index (χ4n) is 2.89. The number of anilines is 1. The molecule has 160 valence electrons. The molecule has 2 heterocycles. The Labute approximate surface area is 191 Å². The number of methoxy groups -OCH3 is 2. The molecule has 0 saturated carbocycles. The summed E-state index contributed by atoms with van der Waals surface area (Å²) in [5.41, 5.74) is 1.74. The Morgan fingerprint density at radius 1 is 1.13 bits per heavy atom. The largest absolute Gasteiger partial charge is 0.497 e. The predicted octanol–water partition coefficient (Wildman–Crippen LogP) is 5.34. The first-order valence-electron chi connectivity index (χ1n) is 9.50. The molecular weight excluding hydrogens is 452 g/mol. The summed E-state index contributed by atoms with van der Waals surface area (Å²) >= 11 is 4.37. The normalized spacial score (nSPS) is 12.0. The van der Waals surface area contributed by atoms with E-state index in [-0.39, 0.29) is 11.2 Å². The minimum atomic E-state index is -0.275. The van der Waals surface area contributed by atoms with Crippen molar-refractivity contribution in [3.8, 4) is 22.1 Å². The van der Waals surface area contributed by atoms with Gasteiger partial charge in [0.05, 0.1) is 35.2 Å². The molecule has 1 N–H and O–H groups in total. The van der Waals surface area contributed by atoms with Crippen LogP contribution in [0, 0.1) is 0 Å². The number of carbonyl (C=O) groups is 1. The third-order valence-electron chi connectivity index (χ3n) is 4.47. The molecule has 10 heteroatoms. The van der Waals surface area contributed by atoms with Gasteiger partial charge in [-0.1, -0.05) is 42.2 Å². The standard InChI is InChI=1S/C21H20N4O3S3/c1-4-16(29-21-22-14-7-5-6-8-17(14)30-21)18(26)23-20-25-24-19(31-20)13-10-9-12(27-2)11-15(13)28-3/h5-11,16H,4H2,1-3H3,(H,23,25,26)/t16-/m1/s1. The summed E-state index contributed by atoms with van der Waals surface area (Å²) in [5, 5.41) is 12.1. The lowest BCUT2D eigenvalue weighted by atomic mass is 10.2. The lowest BCUT2D eigenvalue weighted by molar-refractivity contribution is -0.115. The van der Waals surface area contributed by atoms with Gasteiger partial charge < -0.3 is 9.47 Å². The van der Waals surface area contributed by atoms with Gasteiger partial charge in [-0.2, -0.15) is 0 Å². The first-order valence-corrected chi connectivity index (χ1v) is 12.0. The van der Waals surface area contributed by atoms with Gasteiger partial charge in [0.15, 0.2) is 9.35 Å². The molecule has 1 amide bonds. The van der Waals surface area contributed by atoms with Crippen molar-refractivity contribution in [3.63, 3.8) is 0 Å². The van der Waals surface area contributed by atoms with Crippen LogP contribution in [-0.2, 0) is 4.79 Å². The maximum atomic E-state index is 12.9. The quantitative estimate of drug-likeness (QED) is 0.346. The van der Waals surface area contributed by atoms with Crippen LogP contribution in [0.5, 0.6) is 11.5 Å². The van der Waals surface area contributed by atoms with Gasteiger partial charge in [0.25, 0.3) is 0 Å². The van der Waals surface area contributed by atoms with Crippen LogP contribution in [0.4, 0.5) is 5.13 Å². The van der Waals surface area contributed by atoms with Gasteiger partial charge in [0, 0.05) is 6.07 Å². The van der Waals surface area contributed by atoms with E-state index < -0.39 is 0 Å². The van der Waals surface area contributed by atoms with Gasteiger partial charge in [-0.15, -0.1) is 21.5 Å². The van der Waals surface area contributed by atoms with Crippen molar-refractivity contribution in [1.82, 2.24) is 15.2 Å². The lowest BCUT2D eigenvalue weighted by Gasteiger charge is -2.11. The number of aromatic nitrogens is 3. The summed E-state index contributed by atoms with van der Waals surface area (Å²) in [7, 11) is 3.19. The molecule has 0 spiro atoms. The Morgan fingerprint density at radius 3 is 2.71 bits per heavy atom. The number of ether oxygens (including phenoxy) is 2. The van der Waals surface area contributed by atoms with Gasteiger partial charge in [-0.3, -0.25) is 10.1 Å². The third-order valence-corrected chi connectivity index (χ3v) is 7.84. The van der Waals surface area contributed by atoms with Gasteiger partial charge in [0.1, 0.15) is 11.5 Å². The molecule has 4 rings (SSSR count). The molecule has 0 bridgehead atoms. The highest BCUT2D eigenvalue weighted by Crippen LogP contribution is 2.37. The van der Waals surface area contributed by atoms with Crippen molar-refractivity contribution in [1.29, 1.82) is 0 Å². The minimum Gasteiger partial charge on any atom is -0.497 e. The molecule has 0 aliphatic heterocycles. The minimum absolute atomic E-state index is 0.115. The Morgan fingerprint density at radius 2 is 1.97 bits per heavy atom.